The molecule has 0 radical (unpaired) electrons. The van der Waals surface area contributed by atoms with E-state index in [4.69, 9.17) is 0 Å². The SMILES string of the molecule is CNCC1CCN(c2ccc(C3CCCC3)nn2)C1. The van der Waals surface area contributed by atoms with Crippen LogP contribution in [0.2, 0.25) is 0 Å². The van der Waals surface area contributed by atoms with E-state index in [1.807, 2.05) is 7.05 Å². The standard InChI is InChI=1S/C15H24N4/c1-16-10-12-8-9-19(11-12)15-7-6-14(17-18-15)13-4-2-3-5-13/h6-7,12-13,16H,2-5,8-11H2,1H3. The van der Waals surface area contributed by atoms with Crippen molar-refractivity contribution in [2.24, 2.45) is 5.92 Å². The smallest absolute Gasteiger partial charge is 0.151 e. The Kier molecular flexibility index (Phi) is 3.97. The molecular weight excluding hydrogens is 236 g/mol. The summed E-state index contributed by atoms with van der Waals surface area (Å²) in [4.78, 5) is 2.37. The molecule has 2 heterocycles. The van der Waals surface area contributed by atoms with Crippen LogP contribution in [0.5, 0.6) is 0 Å². The van der Waals surface area contributed by atoms with Crippen LogP contribution in [-0.4, -0.2) is 36.9 Å². The molecule has 104 valence electrons. The van der Waals surface area contributed by atoms with Crippen molar-refractivity contribution in [1.29, 1.82) is 0 Å². The number of anilines is 1. The third kappa shape index (κ3) is 2.89. The molecule has 1 saturated heterocycles. The second-order valence-corrected chi connectivity index (χ2v) is 5.96. The molecule has 1 aliphatic heterocycles. The van der Waals surface area contributed by atoms with Crippen LogP contribution < -0.4 is 10.2 Å². The Morgan fingerprint density at radius 2 is 2.05 bits per heavy atom. The summed E-state index contributed by atoms with van der Waals surface area (Å²) in [7, 11) is 2.03. The van der Waals surface area contributed by atoms with Gasteiger partial charge in [0.1, 0.15) is 0 Å². The van der Waals surface area contributed by atoms with Gasteiger partial charge < -0.3 is 10.2 Å². The molecule has 1 atom stereocenters. The quantitative estimate of drug-likeness (QED) is 0.901. The van der Waals surface area contributed by atoms with Gasteiger partial charge in [-0.2, -0.15) is 5.10 Å². The molecule has 1 saturated carbocycles. The summed E-state index contributed by atoms with van der Waals surface area (Å²) >= 11 is 0. The average molecular weight is 260 g/mol. The van der Waals surface area contributed by atoms with Crippen LogP contribution in [0.15, 0.2) is 12.1 Å². The van der Waals surface area contributed by atoms with E-state index in [-0.39, 0.29) is 0 Å². The fourth-order valence-corrected chi connectivity index (χ4v) is 3.44. The topological polar surface area (TPSA) is 41.0 Å². The van der Waals surface area contributed by atoms with Gasteiger partial charge in [0.2, 0.25) is 0 Å². The minimum absolute atomic E-state index is 0.664. The first-order valence-electron chi connectivity index (χ1n) is 7.60. The van der Waals surface area contributed by atoms with E-state index in [2.05, 4.69) is 32.5 Å². The van der Waals surface area contributed by atoms with Crippen LogP contribution in [0.1, 0.15) is 43.7 Å². The van der Waals surface area contributed by atoms with Crippen LogP contribution in [0.25, 0.3) is 0 Å². The first-order chi connectivity index (χ1) is 9.36. The molecule has 3 rings (SSSR count). The lowest BCUT2D eigenvalue weighted by Crippen LogP contribution is -2.25. The van der Waals surface area contributed by atoms with E-state index in [9.17, 15) is 0 Å². The molecule has 1 unspecified atom stereocenters. The maximum atomic E-state index is 4.47. The normalized spacial score (nSPS) is 24.3. The minimum Gasteiger partial charge on any atom is -0.355 e. The molecule has 19 heavy (non-hydrogen) atoms. The fourth-order valence-electron chi connectivity index (χ4n) is 3.44. The van der Waals surface area contributed by atoms with Crippen molar-refractivity contribution in [2.75, 3.05) is 31.6 Å². The van der Waals surface area contributed by atoms with Gasteiger partial charge >= 0.3 is 0 Å². The molecule has 1 aliphatic carbocycles. The highest BCUT2D eigenvalue weighted by molar-refractivity contribution is 5.39. The van der Waals surface area contributed by atoms with Gasteiger partial charge in [-0.1, -0.05) is 12.8 Å². The molecule has 2 fully saturated rings. The van der Waals surface area contributed by atoms with E-state index >= 15 is 0 Å². The van der Waals surface area contributed by atoms with Gasteiger partial charge in [-0.15, -0.1) is 5.10 Å². The number of rotatable bonds is 4. The van der Waals surface area contributed by atoms with Crippen LogP contribution in [-0.2, 0) is 0 Å². The summed E-state index contributed by atoms with van der Waals surface area (Å²) in [6.45, 7) is 3.33. The molecule has 1 aromatic heterocycles. The summed E-state index contributed by atoms with van der Waals surface area (Å²) < 4.78 is 0. The Morgan fingerprint density at radius 3 is 2.74 bits per heavy atom. The zero-order valence-electron chi connectivity index (χ0n) is 11.8. The zero-order valence-corrected chi connectivity index (χ0v) is 11.8. The van der Waals surface area contributed by atoms with Crippen molar-refractivity contribution in [1.82, 2.24) is 15.5 Å². The first-order valence-corrected chi connectivity index (χ1v) is 7.60. The Bertz CT molecular complexity index is 397. The monoisotopic (exact) mass is 260 g/mol. The van der Waals surface area contributed by atoms with Gasteiger partial charge in [-0.05, 0) is 50.9 Å². The summed E-state index contributed by atoms with van der Waals surface area (Å²) in [6.07, 6.45) is 6.55. The van der Waals surface area contributed by atoms with Crippen LogP contribution >= 0.6 is 0 Å². The average Bonchev–Trinajstić information content (AvgIpc) is 3.10. The maximum absolute atomic E-state index is 4.47. The lowest BCUT2D eigenvalue weighted by Gasteiger charge is -2.17. The van der Waals surface area contributed by atoms with Crippen LogP contribution in [0, 0.1) is 5.92 Å². The Hall–Kier alpha value is -1.16. The van der Waals surface area contributed by atoms with Gasteiger partial charge in [0.25, 0.3) is 0 Å². The molecule has 0 amide bonds. The van der Waals surface area contributed by atoms with Crippen molar-refractivity contribution in [2.45, 2.75) is 38.0 Å². The largest absolute Gasteiger partial charge is 0.355 e. The summed E-state index contributed by atoms with van der Waals surface area (Å²) in [5.74, 6) is 2.47. The highest BCUT2D eigenvalue weighted by atomic mass is 15.3. The second-order valence-electron chi connectivity index (χ2n) is 5.96. The van der Waals surface area contributed by atoms with E-state index in [0.717, 1.165) is 31.4 Å². The highest BCUT2D eigenvalue weighted by Crippen LogP contribution is 2.33. The van der Waals surface area contributed by atoms with Gasteiger partial charge in [-0.25, -0.2) is 0 Å². The highest BCUT2D eigenvalue weighted by Gasteiger charge is 2.24. The number of nitrogens with zero attached hydrogens (tertiary/aromatic N) is 3. The molecule has 4 heteroatoms. The van der Waals surface area contributed by atoms with E-state index < -0.39 is 0 Å². The molecule has 4 nitrogen and oxygen atoms in total. The predicted molar refractivity (Wildman–Crippen MR) is 77.5 cm³/mol. The summed E-state index contributed by atoms with van der Waals surface area (Å²) in [6, 6.07) is 4.37. The van der Waals surface area contributed by atoms with E-state index in [1.54, 1.807) is 0 Å². The fraction of sp³-hybridized carbons (Fsp3) is 0.733. The lowest BCUT2D eigenvalue weighted by atomic mass is 10.0. The van der Waals surface area contributed by atoms with Gasteiger partial charge in [0.15, 0.2) is 5.82 Å². The maximum Gasteiger partial charge on any atom is 0.151 e. The van der Waals surface area contributed by atoms with Crippen LogP contribution in [0.4, 0.5) is 5.82 Å². The third-order valence-corrected chi connectivity index (χ3v) is 4.55. The zero-order chi connectivity index (χ0) is 13.1. The first kappa shape index (κ1) is 12.9. The number of nitrogens with one attached hydrogen (secondary N) is 1. The molecular formula is C15H24N4. The van der Waals surface area contributed by atoms with Crippen LogP contribution in [0.3, 0.4) is 0 Å². The predicted octanol–water partition coefficient (Wildman–Crippen LogP) is 2.18. The molecule has 2 aliphatic rings. The Morgan fingerprint density at radius 1 is 1.21 bits per heavy atom. The molecule has 1 aromatic rings. The summed E-state index contributed by atoms with van der Waals surface area (Å²) in [5, 5.41) is 12.2. The van der Waals surface area contributed by atoms with Gasteiger partial charge in [-0.3, -0.25) is 0 Å². The number of aromatic nitrogens is 2. The van der Waals surface area contributed by atoms with Crippen molar-refractivity contribution in [3.63, 3.8) is 0 Å². The molecule has 0 bridgehead atoms. The number of hydrogen-bond donors (Lipinski definition) is 1. The molecule has 1 N–H and O–H groups in total. The molecule has 0 spiro atoms. The minimum atomic E-state index is 0.664. The second kappa shape index (κ2) is 5.87. The van der Waals surface area contributed by atoms with Gasteiger partial charge in [0.05, 0.1) is 5.69 Å². The van der Waals surface area contributed by atoms with Crippen molar-refractivity contribution in [3.8, 4) is 0 Å². The Labute approximate surface area is 115 Å². The van der Waals surface area contributed by atoms with Gasteiger partial charge in [0, 0.05) is 19.0 Å². The van der Waals surface area contributed by atoms with E-state index in [0.29, 0.717) is 5.92 Å². The number of hydrogen-bond acceptors (Lipinski definition) is 4. The van der Waals surface area contributed by atoms with Crippen molar-refractivity contribution < 1.29 is 0 Å². The Balaban J connectivity index is 1.62. The lowest BCUT2D eigenvalue weighted by molar-refractivity contribution is 0.548. The van der Waals surface area contributed by atoms with Crippen molar-refractivity contribution in [3.05, 3.63) is 17.8 Å². The summed E-state index contributed by atoms with van der Waals surface area (Å²) in [5.41, 5.74) is 1.20. The van der Waals surface area contributed by atoms with Crippen molar-refractivity contribution >= 4 is 5.82 Å². The third-order valence-electron chi connectivity index (χ3n) is 4.55. The van der Waals surface area contributed by atoms with E-state index in [1.165, 1.54) is 37.8 Å². The molecule has 0 aromatic carbocycles.